The van der Waals surface area contributed by atoms with E-state index in [9.17, 15) is 14.4 Å². The first-order valence-electron chi connectivity index (χ1n) is 8.96. The number of nitrogens with zero attached hydrogens (tertiary/aromatic N) is 1. The van der Waals surface area contributed by atoms with Gasteiger partial charge in [-0.1, -0.05) is 18.9 Å². The monoisotopic (exact) mass is 366 g/mol. The number of benzene rings is 1. The third-order valence-corrected chi connectivity index (χ3v) is 4.39. The molecule has 140 valence electrons. The number of hydrogen-bond acceptors (Lipinski definition) is 4. The summed E-state index contributed by atoms with van der Waals surface area (Å²) in [5.74, 6) is -0.779. The first-order chi connectivity index (χ1) is 13.0. The molecule has 1 heterocycles. The summed E-state index contributed by atoms with van der Waals surface area (Å²) in [4.78, 5) is 40.0. The Morgan fingerprint density at radius 2 is 1.56 bits per heavy atom. The van der Waals surface area contributed by atoms with Crippen LogP contribution in [0.15, 0.2) is 42.7 Å². The first kappa shape index (κ1) is 18.6. The van der Waals surface area contributed by atoms with E-state index in [0.717, 1.165) is 25.7 Å². The van der Waals surface area contributed by atoms with Crippen molar-refractivity contribution < 1.29 is 14.4 Å². The van der Waals surface area contributed by atoms with Crippen molar-refractivity contribution in [2.75, 3.05) is 10.6 Å². The second-order valence-electron chi connectivity index (χ2n) is 6.63. The van der Waals surface area contributed by atoms with Crippen molar-refractivity contribution in [3.05, 3.63) is 53.9 Å². The van der Waals surface area contributed by atoms with Gasteiger partial charge in [-0.15, -0.1) is 0 Å². The van der Waals surface area contributed by atoms with Crippen LogP contribution in [-0.4, -0.2) is 28.7 Å². The van der Waals surface area contributed by atoms with Gasteiger partial charge in [0.1, 0.15) is 0 Å². The van der Waals surface area contributed by atoms with Crippen molar-refractivity contribution in [2.24, 2.45) is 0 Å². The summed E-state index contributed by atoms with van der Waals surface area (Å²) >= 11 is 0. The number of rotatable bonds is 5. The Kier molecular flexibility index (Phi) is 5.80. The molecular weight excluding hydrogens is 344 g/mol. The van der Waals surface area contributed by atoms with Crippen molar-refractivity contribution >= 4 is 29.1 Å². The summed E-state index contributed by atoms with van der Waals surface area (Å²) in [6.45, 7) is 1.42. The number of pyridine rings is 1. The molecule has 2 aromatic rings. The molecule has 1 fully saturated rings. The Balaban J connectivity index is 1.68. The van der Waals surface area contributed by atoms with Crippen LogP contribution >= 0.6 is 0 Å². The van der Waals surface area contributed by atoms with E-state index in [-0.39, 0.29) is 23.8 Å². The maximum atomic E-state index is 12.5. The van der Waals surface area contributed by atoms with Gasteiger partial charge in [0.2, 0.25) is 5.91 Å². The first-order valence-corrected chi connectivity index (χ1v) is 8.96. The van der Waals surface area contributed by atoms with Crippen LogP contribution in [0.25, 0.3) is 0 Å². The highest BCUT2D eigenvalue weighted by Crippen LogP contribution is 2.19. The lowest BCUT2D eigenvalue weighted by molar-refractivity contribution is -0.114. The maximum Gasteiger partial charge on any atom is 0.257 e. The molecule has 3 N–H and O–H groups in total. The second kappa shape index (κ2) is 8.44. The molecule has 0 saturated heterocycles. The van der Waals surface area contributed by atoms with Crippen molar-refractivity contribution in [2.45, 2.75) is 38.6 Å². The van der Waals surface area contributed by atoms with E-state index < -0.39 is 0 Å². The highest BCUT2D eigenvalue weighted by molar-refractivity contribution is 6.06. The molecular formula is C20H22N4O3. The van der Waals surface area contributed by atoms with Gasteiger partial charge in [0.25, 0.3) is 11.8 Å². The van der Waals surface area contributed by atoms with Crippen molar-refractivity contribution in [1.29, 1.82) is 0 Å². The van der Waals surface area contributed by atoms with E-state index in [4.69, 9.17) is 0 Å². The minimum Gasteiger partial charge on any atom is -0.349 e. The van der Waals surface area contributed by atoms with E-state index >= 15 is 0 Å². The fraction of sp³-hybridized carbons (Fsp3) is 0.300. The molecule has 1 aromatic carbocycles. The summed E-state index contributed by atoms with van der Waals surface area (Å²) in [5, 5.41) is 8.40. The lowest BCUT2D eigenvalue weighted by Crippen LogP contribution is -2.32. The molecule has 1 aliphatic carbocycles. The molecule has 1 aliphatic rings. The number of nitrogens with one attached hydrogen (secondary N) is 3. The Bertz CT molecular complexity index is 860. The standard InChI is InChI=1S/C20H22N4O3/c1-13(25)22-17-7-4-8-18(10-17)24-20(27)15-9-14(11-21-12-15)19(26)23-16-5-2-3-6-16/h4,7-12,16H,2-3,5-6H2,1H3,(H,22,25)(H,23,26)(H,24,27). The Morgan fingerprint density at radius 1 is 0.926 bits per heavy atom. The molecule has 1 saturated carbocycles. The number of amides is 3. The van der Waals surface area contributed by atoms with E-state index in [0.29, 0.717) is 22.5 Å². The fourth-order valence-electron chi connectivity index (χ4n) is 3.11. The van der Waals surface area contributed by atoms with Crippen LogP contribution in [0.2, 0.25) is 0 Å². The van der Waals surface area contributed by atoms with Gasteiger partial charge in [-0.2, -0.15) is 0 Å². The van der Waals surface area contributed by atoms with Gasteiger partial charge in [-0.25, -0.2) is 0 Å². The van der Waals surface area contributed by atoms with Crippen molar-refractivity contribution in [1.82, 2.24) is 10.3 Å². The van der Waals surface area contributed by atoms with Gasteiger partial charge in [0, 0.05) is 36.7 Å². The van der Waals surface area contributed by atoms with Crippen LogP contribution in [0.4, 0.5) is 11.4 Å². The topological polar surface area (TPSA) is 100 Å². The van der Waals surface area contributed by atoms with E-state index in [2.05, 4.69) is 20.9 Å². The molecule has 0 radical (unpaired) electrons. The summed E-state index contributed by atoms with van der Waals surface area (Å²) in [7, 11) is 0. The van der Waals surface area contributed by atoms with E-state index in [1.807, 2.05) is 0 Å². The molecule has 0 spiro atoms. The van der Waals surface area contributed by atoms with Crippen LogP contribution in [0, 0.1) is 0 Å². The highest BCUT2D eigenvalue weighted by atomic mass is 16.2. The number of aromatic nitrogens is 1. The smallest absolute Gasteiger partial charge is 0.257 e. The SMILES string of the molecule is CC(=O)Nc1cccc(NC(=O)c2cncc(C(=O)NC3CCCC3)c2)c1. The molecule has 0 aliphatic heterocycles. The van der Waals surface area contributed by atoms with Gasteiger partial charge in [-0.3, -0.25) is 19.4 Å². The quantitative estimate of drug-likeness (QED) is 0.757. The molecule has 3 amide bonds. The summed E-state index contributed by atoms with van der Waals surface area (Å²) in [6, 6.07) is 8.56. The number of carbonyl (C=O) groups is 3. The average Bonchev–Trinajstić information content (AvgIpc) is 3.14. The van der Waals surface area contributed by atoms with Gasteiger partial charge in [0.05, 0.1) is 11.1 Å². The van der Waals surface area contributed by atoms with E-state index in [1.165, 1.54) is 25.4 Å². The third-order valence-electron chi connectivity index (χ3n) is 4.39. The summed E-state index contributed by atoms with van der Waals surface area (Å²) in [6.07, 6.45) is 7.11. The lowest BCUT2D eigenvalue weighted by Gasteiger charge is -2.12. The number of anilines is 2. The molecule has 7 heteroatoms. The van der Waals surface area contributed by atoms with Crippen molar-refractivity contribution in [3.63, 3.8) is 0 Å². The van der Waals surface area contributed by atoms with Gasteiger partial charge in [0.15, 0.2) is 0 Å². The zero-order valence-corrected chi connectivity index (χ0v) is 15.1. The predicted octanol–water partition coefficient (Wildman–Crippen LogP) is 2.96. The fourth-order valence-corrected chi connectivity index (χ4v) is 3.11. The zero-order valence-electron chi connectivity index (χ0n) is 15.1. The molecule has 7 nitrogen and oxygen atoms in total. The van der Waals surface area contributed by atoms with Gasteiger partial charge in [-0.05, 0) is 37.1 Å². The third kappa shape index (κ3) is 5.13. The Morgan fingerprint density at radius 3 is 2.22 bits per heavy atom. The van der Waals surface area contributed by atoms with Crippen LogP contribution in [0.3, 0.4) is 0 Å². The summed E-state index contributed by atoms with van der Waals surface area (Å²) in [5.41, 5.74) is 1.77. The second-order valence-corrected chi connectivity index (χ2v) is 6.63. The Hall–Kier alpha value is -3.22. The Labute approximate surface area is 157 Å². The number of carbonyl (C=O) groups excluding carboxylic acids is 3. The lowest BCUT2D eigenvalue weighted by atomic mass is 10.1. The van der Waals surface area contributed by atoms with Gasteiger partial charge >= 0.3 is 0 Å². The minimum atomic E-state index is -0.377. The molecule has 0 atom stereocenters. The van der Waals surface area contributed by atoms with E-state index in [1.54, 1.807) is 24.3 Å². The van der Waals surface area contributed by atoms with Crippen molar-refractivity contribution in [3.8, 4) is 0 Å². The van der Waals surface area contributed by atoms with Gasteiger partial charge < -0.3 is 16.0 Å². The zero-order chi connectivity index (χ0) is 19.2. The molecule has 0 bridgehead atoms. The maximum absolute atomic E-state index is 12.5. The molecule has 3 rings (SSSR count). The molecule has 1 aromatic heterocycles. The molecule has 27 heavy (non-hydrogen) atoms. The normalized spacial score (nSPS) is 13.8. The molecule has 0 unspecified atom stereocenters. The minimum absolute atomic E-state index is 0.191. The highest BCUT2D eigenvalue weighted by Gasteiger charge is 2.19. The van der Waals surface area contributed by atoms with Crippen LogP contribution in [-0.2, 0) is 4.79 Å². The predicted molar refractivity (Wildman–Crippen MR) is 103 cm³/mol. The van der Waals surface area contributed by atoms with Crippen LogP contribution in [0.1, 0.15) is 53.3 Å². The average molecular weight is 366 g/mol. The van der Waals surface area contributed by atoms with Crippen LogP contribution in [0.5, 0.6) is 0 Å². The largest absolute Gasteiger partial charge is 0.349 e. The number of hydrogen-bond donors (Lipinski definition) is 3. The summed E-state index contributed by atoms with van der Waals surface area (Å²) < 4.78 is 0. The van der Waals surface area contributed by atoms with Crippen LogP contribution < -0.4 is 16.0 Å².